The van der Waals surface area contributed by atoms with Crippen molar-refractivity contribution in [2.24, 2.45) is 35.5 Å². The minimum absolute atomic E-state index is 0.0206. The van der Waals surface area contributed by atoms with Crippen LogP contribution in [0.4, 0.5) is 8.78 Å². The standard InChI is InChI=1S/C51H77F2NO11/c1-30-16-12-11-13-17-31(2)42(61-8)28-38-21-19-36(7)51(53,65-38)48(58)49(59)54-23-15-14-18-39(54)50(60)64-43(33(4)26-37-20-22-40(55)44(27-37)62-9)29-41(56)32(3)25-34(5)45(52)47(63-10)46(57)35(6)24-30/h11-13,16-17,25,30,32-33,35-40,42-45,47,55H,14-15,18-24,26-29H2,1-10H3/b13-11+,16-12+,31-17+,34-25+/t30-,32-,33-,35-,36-,37?,38+,39?,40+,42+,43+,44-,45?,47-,51?/m1/s1. The molecule has 4 rings (SSSR count). The number of cyclic esters (lactones) is 1. The Bertz CT molecular complexity index is 1760. The highest BCUT2D eigenvalue weighted by Crippen LogP contribution is 2.40. The molecule has 0 aromatic heterocycles. The number of methoxy groups -OCH3 is 3. The maximum Gasteiger partial charge on any atom is 0.329 e. The van der Waals surface area contributed by atoms with Gasteiger partial charge >= 0.3 is 5.97 Å². The van der Waals surface area contributed by atoms with Gasteiger partial charge in [-0.3, -0.25) is 19.2 Å². The van der Waals surface area contributed by atoms with Gasteiger partial charge in [-0.15, -0.1) is 0 Å². The Morgan fingerprint density at radius 1 is 0.877 bits per heavy atom. The number of allylic oxidation sites excluding steroid dienone is 6. The van der Waals surface area contributed by atoms with E-state index in [4.69, 9.17) is 23.7 Å². The molecule has 3 heterocycles. The maximum atomic E-state index is 17.0. The third-order valence-electron chi connectivity index (χ3n) is 14.4. The highest BCUT2D eigenvalue weighted by molar-refractivity contribution is 6.39. The number of aliphatic hydroxyl groups is 1. The van der Waals surface area contributed by atoms with Gasteiger partial charge in [0.15, 0.2) is 18.1 Å². The van der Waals surface area contributed by atoms with Gasteiger partial charge in [0.1, 0.15) is 17.9 Å². The van der Waals surface area contributed by atoms with E-state index in [0.717, 1.165) is 10.5 Å². The summed E-state index contributed by atoms with van der Waals surface area (Å²) in [4.78, 5) is 71.3. The van der Waals surface area contributed by atoms with Crippen molar-refractivity contribution in [3.63, 3.8) is 0 Å². The van der Waals surface area contributed by atoms with Crippen LogP contribution in [0.3, 0.4) is 0 Å². The maximum absolute atomic E-state index is 17.0. The fourth-order valence-electron chi connectivity index (χ4n) is 10.1. The number of Topliss-reactive ketones (excluding diaryl/α,β-unsaturated/α-hetero) is 3. The average molecular weight is 918 g/mol. The largest absolute Gasteiger partial charge is 0.460 e. The monoisotopic (exact) mass is 918 g/mol. The summed E-state index contributed by atoms with van der Waals surface area (Å²) in [5.41, 5.74) is 0.981. The van der Waals surface area contributed by atoms with Gasteiger partial charge in [-0.2, -0.15) is 0 Å². The van der Waals surface area contributed by atoms with E-state index in [1.165, 1.54) is 34.1 Å². The molecule has 0 radical (unpaired) electrons. The molecule has 0 spiro atoms. The molecule has 1 amide bonds. The number of nitrogens with zero attached hydrogens (tertiary/aromatic N) is 1. The zero-order valence-electron chi connectivity index (χ0n) is 40.5. The number of fused-ring (bicyclic) bond motifs is 3. The summed E-state index contributed by atoms with van der Waals surface area (Å²) in [6.07, 6.45) is 9.11. The SMILES string of the molecule is CO[C@H]1C[C@@H]2CC[C@@H](C)C(F)(O2)C(=O)C(=O)N2CCCCC2C(=O)O[C@H]([C@H](C)CC2CC[C@H](O)[C@H](OC)C2)CC(=O)[C@H](C)/C=C(\C)C(F)[C@@H](OC)C(=O)[C@H](C)C[C@H](C)/C=C/C=C/C=C/1C. The first-order chi connectivity index (χ1) is 30.7. The molecule has 14 heteroatoms. The first-order valence-corrected chi connectivity index (χ1v) is 23.8. The van der Waals surface area contributed by atoms with E-state index in [-0.39, 0.29) is 73.2 Å². The van der Waals surface area contributed by atoms with E-state index >= 15 is 8.78 Å². The van der Waals surface area contributed by atoms with Crippen molar-refractivity contribution in [2.45, 2.75) is 180 Å². The molecule has 366 valence electrons. The number of amides is 1. The second-order valence-corrected chi connectivity index (χ2v) is 19.5. The van der Waals surface area contributed by atoms with Gasteiger partial charge in [0, 0.05) is 58.5 Å². The number of halogens is 2. The summed E-state index contributed by atoms with van der Waals surface area (Å²) < 4.78 is 62.1. The lowest BCUT2D eigenvalue weighted by atomic mass is 9.78. The van der Waals surface area contributed by atoms with Gasteiger partial charge in [0.2, 0.25) is 0 Å². The number of hydrogen-bond acceptors (Lipinski definition) is 11. The third-order valence-corrected chi connectivity index (χ3v) is 14.4. The molecule has 3 fully saturated rings. The van der Waals surface area contributed by atoms with Gasteiger partial charge in [-0.1, -0.05) is 71.1 Å². The molecule has 2 saturated heterocycles. The van der Waals surface area contributed by atoms with Crippen LogP contribution in [0.25, 0.3) is 0 Å². The summed E-state index contributed by atoms with van der Waals surface area (Å²) >= 11 is 0. The number of carbonyl (C=O) groups is 5. The molecular formula is C51H77F2NO11. The van der Waals surface area contributed by atoms with Gasteiger partial charge in [0.05, 0.1) is 24.4 Å². The first-order valence-electron chi connectivity index (χ1n) is 23.8. The minimum atomic E-state index is -2.94. The molecule has 1 aliphatic carbocycles. The molecule has 12 nitrogen and oxygen atoms in total. The summed E-state index contributed by atoms with van der Waals surface area (Å²) in [6, 6.07) is -1.21. The van der Waals surface area contributed by atoms with E-state index < -0.39 is 84.0 Å². The number of hydrogen-bond donors (Lipinski definition) is 1. The highest BCUT2D eigenvalue weighted by atomic mass is 19.2. The molecule has 4 unspecified atom stereocenters. The first kappa shape index (κ1) is 54.2. The number of aliphatic hydroxyl groups excluding tert-OH is 1. The predicted molar refractivity (Wildman–Crippen MR) is 243 cm³/mol. The predicted octanol–water partition coefficient (Wildman–Crippen LogP) is 8.14. The molecule has 65 heavy (non-hydrogen) atoms. The molecule has 1 saturated carbocycles. The fourth-order valence-corrected chi connectivity index (χ4v) is 10.1. The lowest BCUT2D eigenvalue weighted by Gasteiger charge is -2.41. The molecule has 0 aromatic carbocycles. The minimum Gasteiger partial charge on any atom is -0.460 e. The number of piperidine rings is 1. The fraction of sp³-hybridized carbons (Fsp3) is 0.745. The zero-order valence-corrected chi connectivity index (χ0v) is 40.5. The van der Waals surface area contributed by atoms with Crippen molar-refractivity contribution < 1.29 is 61.5 Å². The van der Waals surface area contributed by atoms with E-state index in [2.05, 4.69) is 0 Å². The Balaban J connectivity index is 1.70. The van der Waals surface area contributed by atoms with E-state index in [1.807, 2.05) is 51.2 Å². The summed E-state index contributed by atoms with van der Waals surface area (Å²) in [7, 11) is 4.38. The third kappa shape index (κ3) is 14.3. The Morgan fingerprint density at radius 3 is 2.28 bits per heavy atom. The Labute approximate surface area is 385 Å². The van der Waals surface area contributed by atoms with Gasteiger partial charge in [-0.25, -0.2) is 13.6 Å². The molecule has 15 atom stereocenters. The van der Waals surface area contributed by atoms with E-state index in [0.29, 0.717) is 51.4 Å². The molecular weight excluding hydrogens is 841 g/mol. The van der Waals surface area contributed by atoms with Crippen molar-refractivity contribution in [2.75, 3.05) is 27.9 Å². The summed E-state index contributed by atoms with van der Waals surface area (Å²) in [6.45, 7) is 12.2. The summed E-state index contributed by atoms with van der Waals surface area (Å²) in [5, 5.41) is 10.5. The smallest absolute Gasteiger partial charge is 0.329 e. The van der Waals surface area contributed by atoms with Crippen molar-refractivity contribution in [1.82, 2.24) is 4.90 Å². The van der Waals surface area contributed by atoms with Crippen LogP contribution in [0, 0.1) is 35.5 Å². The van der Waals surface area contributed by atoms with Crippen molar-refractivity contribution in [1.29, 1.82) is 0 Å². The normalized spacial score (nSPS) is 40.4. The lowest BCUT2D eigenvalue weighted by Crippen LogP contribution is -2.59. The van der Waals surface area contributed by atoms with Crippen LogP contribution in [0.5, 0.6) is 0 Å². The lowest BCUT2D eigenvalue weighted by molar-refractivity contribution is -0.231. The van der Waals surface area contributed by atoms with Crippen LogP contribution < -0.4 is 0 Å². The van der Waals surface area contributed by atoms with E-state index in [9.17, 15) is 29.1 Å². The molecule has 1 N–H and O–H groups in total. The van der Waals surface area contributed by atoms with Crippen molar-refractivity contribution in [3.8, 4) is 0 Å². The second-order valence-electron chi connectivity index (χ2n) is 19.5. The number of alkyl halides is 2. The van der Waals surface area contributed by atoms with Crippen LogP contribution in [0.2, 0.25) is 0 Å². The topological polar surface area (TPSA) is 155 Å². The molecule has 0 aromatic rings. The number of rotatable bonds is 6. The Hall–Kier alpha value is -3.43. The van der Waals surface area contributed by atoms with Gasteiger partial charge in [0.25, 0.3) is 17.5 Å². The van der Waals surface area contributed by atoms with E-state index in [1.54, 1.807) is 21.0 Å². The zero-order chi connectivity index (χ0) is 48.2. The Kier molecular flexibility index (Phi) is 20.9. The van der Waals surface area contributed by atoms with Gasteiger partial charge < -0.3 is 33.7 Å². The molecule has 2 bridgehead atoms. The quantitative estimate of drug-likeness (QED) is 0.156. The second kappa shape index (κ2) is 25.1. The summed E-state index contributed by atoms with van der Waals surface area (Å²) in [5.74, 6) is -9.64. The van der Waals surface area contributed by atoms with Crippen LogP contribution in [0.1, 0.15) is 126 Å². The van der Waals surface area contributed by atoms with Crippen LogP contribution in [-0.4, -0.2) is 122 Å². The average Bonchev–Trinajstić information content (AvgIpc) is 3.28. The van der Waals surface area contributed by atoms with Crippen LogP contribution in [-0.2, 0) is 47.7 Å². The molecule has 3 aliphatic heterocycles. The van der Waals surface area contributed by atoms with Crippen molar-refractivity contribution >= 4 is 29.2 Å². The molecule has 4 aliphatic rings. The van der Waals surface area contributed by atoms with Crippen LogP contribution >= 0.6 is 0 Å². The number of carbonyl (C=O) groups excluding carboxylic acids is 5. The van der Waals surface area contributed by atoms with Crippen molar-refractivity contribution in [3.05, 3.63) is 47.6 Å². The number of esters is 1. The van der Waals surface area contributed by atoms with Crippen LogP contribution in [0.15, 0.2) is 47.6 Å². The number of ether oxygens (including phenoxy) is 5. The number of ketones is 3. The van der Waals surface area contributed by atoms with Gasteiger partial charge in [-0.05, 0) is 107 Å². The Morgan fingerprint density at radius 2 is 1.60 bits per heavy atom. The highest BCUT2D eigenvalue weighted by Gasteiger charge is 2.55.